The predicted octanol–water partition coefficient (Wildman–Crippen LogP) is 3.83. The molecule has 5 nitrogen and oxygen atoms in total. The van der Waals surface area contributed by atoms with Crippen molar-refractivity contribution < 1.29 is 14.3 Å². The minimum absolute atomic E-state index is 0.0617. The minimum Gasteiger partial charge on any atom is -0.454 e. The maximum absolute atomic E-state index is 12.9. The summed E-state index contributed by atoms with van der Waals surface area (Å²) >= 11 is 1.67. The van der Waals surface area contributed by atoms with Gasteiger partial charge >= 0.3 is 0 Å². The Morgan fingerprint density at radius 3 is 2.69 bits per heavy atom. The van der Waals surface area contributed by atoms with E-state index in [2.05, 4.69) is 11.8 Å². The normalized spacial score (nSPS) is 16.6. The fourth-order valence-electron chi connectivity index (χ4n) is 3.47. The second-order valence-electron chi connectivity index (χ2n) is 6.94. The van der Waals surface area contributed by atoms with Gasteiger partial charge in [0.15, 0.2) is 5.76 Å². The predicted molar refractivity (Wildman–Crippen MR) is 103 cm³/mol. The number of amides is 1. The molecule has 0 aliphatic carbocycles. The lowest BCUT2D eigenvalue weighted by Crippen LogP contribution is -2.33. The number of aryl methyl sites for hydroxylation is 1. The molecule has 0 unspecified atom stereocenters. The Kier molecular flexibility index (Phi) is 6.51. The van der Waals surface area contributed by atoms with Crippen molar-refractivity contribution in [1.29, 1.82) is 0 Å². The number of furan rings is 1. The Hall–Kier alpha value is -1.63. The van der Waals surface area contributed by atoms with E-state index in [1.807, 2.05) is 25.1 Å². The number of aliphatic hydroxyl groups is 1. The summed E-state index contributed by atoms with van der Waals surface area (Å²) in [5, 5.41) is 9.35. The highest BCUT2D eigenvalue weighted by molar-refractivity contribution is 7.11. The summed E-state index contributed by atoms with van der Waals surface area (Å²) in [7, 11) is 0. The lowest BCUT2D eigenvalue weighted by Gasteiger charge is -2.31. The molecule has 1 amide bonds. The quantitative estimate of drug-likeness (QED) is 0.798. The largest absolute Gasteiger partial charge is 0.454 e. The number of hydrogen-bond donors (Lipinski definition) is 1. The molecule has 2 aromatic rings. The zero-order valence-corrected chi connectivity index (χ0v) is 16.4. The highest BCUT2D eigenvalue weighted by Gasteiger charge is 2.24. The average Bonchev–Trinajstić information content (AvgIpc) is 3.30. The standard InChI is InChI=1S/C20H28N2O3S/c1-15-6-7-17(26-15)14-22(12-13-23)20(24)19-9-8-18(25-19)16(2)21-10-4-3-5-11-21/h6-9,16,23H,3-5,10-14H2,1-2H3/t16-/m1/s1. The molecule has 6 heteroatoms. The summed E-state index contributed by atoms with van der Waals surface area (Å²) in [6.07, 6.45) is 3.74. The van der Waals surface area contributed by atoms with Gasteiger partial charge in [0.25, 0.3) is 5.91 Å². The van der Waals surface area contributed by atoms with Crippen molar-refractivity contribution in [3.8, 4) is 0 Å². The smallest absolute Gasteiger partial charge is 0.289 e. The minimum atomic E-state index is -0.165. The number of rotatable bonds is 7. The summed E-state index contributed by atoms with van der Waals surface area (Å²) < 4.78 is 5.92. The van der Waals surface area contributed by atoms with Crippen LogP contribution in [0.1, 0.15) is 58.3 Å². The summed E-state index contributed by atoms with van der Waals surface area (Å²) in [6, 6.07) is 7.94. The van der Waals surface area contributed by atoms with Gasteiger partial charge in [0.05, 0.1) is 19.2 Å². The molecule has 1 saturated heterocycles. The zero-order valence-electron chi connectivity index (χ0n) is 15.6. The van der Waals surface area contributed by atoms with Crippen LogP contribution in [0.3, 0.4) is 0 Å². The number of likely N-dealkylation sites (tertiary alicyclic amines) is 1. The van der Waals surface area contributed by atoms with Crippen molar-refractivity contribution in [3.05, 3.63) is 45.5 Å². The second kappa shape index (κ2) is 8.84. The summed E-state index contributed by atoms with van der Waals surface area (Å²) in [5.74, 6) is 1.03. The lowest BCUT2D eigenvalue weighted by molar-refractivity contribution is 0.0670. The number of aliphatic hydroxyl groups excluding tert-OH is 1. The fraction of sp³-hybridized carbons (Fsp3) is 0.550. The van der Waals surface area contributed by atoms with Gasteiger partial charge in [0.1, 0.15) is 5.76 Å². The van der Waals surface area contributed by atoms with Crippen molar-refractivity contribution in [3.63, 3.8) is 0 Å². The molecule has 1 aliphatic rings. The second-order valence-corrected chi connectivity index (χ2v) is 8.31. The molecule has 26 heavy (non-hydrogen) atoms. The average molecular weight is 377 g/mol. The Bertz CT molecular complexity index is 718. The topological polar surface area (TPSA) is 56.9 Å². The molecule has 0 bridgehead atoms. The van der Waals surface area contributed by atoms with E-state index in [0.717, 1.165) is 23.7 Å². The van der Waals surface area contributed by atoms with Crippen LogP contribution in [-0.4, -0.2) is 47.1 Å². The van der Waals surface area contributed by atoms with Gasteiger partial charge in [-0.3, -0.25) is 9.69 Å². The summed E-state index contributed by atoms with van der Waals surface area (Å²) in [5.41, 5.74) is 0. The molecule has 3 heterocycles. The first kappa shape index (κ1) is 19.1. The molecule has 3 rings (SSSR count). The van der Waals surface area contributed by atoms with Crippen LogP contribution < -0.4 is 0 Å². The van der Waals surface area contributed by atoms with Crippen molar-refractivity contribution >= 4 is 17.2 Å². The first-order valence-electron chi connectivity index (χ1n) is 9.37. The molecule has 0 spiro atoms. The molecule has 2 aromatic heterocycles. The van der Waals surface area contributed by atoms with Crippen LogP contribution in [0.25, 0.3) is 0 Å². The number of thiophene rings is 1. The first-order chi connectivity index (χ1) is 12.6. The molecule has 0 aromatic carbocycles. The fourth-order valence-corrected chi connectivity index (χ4v) is 4.37. The van der Waals surface area contributed by atoms with E-state index in [4.69, 9.17) is 4.42 Å². The molecular weight excluding hydrogens is 348 g/mol. The van der Waals surface area contributed by atoms with E-state index in [1.165, 1.54) is 24.1 Å². The van der Waals surface area contributed by atoms with Gasteiger partial charge in [0.2, 0.25) is 0 Å². The number of nitrogens with zero attached hydrogens (tertiary/aromatic N) is 2. The van der Waals surface area contributed by atoms with E-state index in [0.29, 0.717) is 18.8 Å². The van der Waals surface area contributed by atoms with E-state index in [9.17, 15) is 9.90 Å². The van der Waals surface area contributed by atoms with E-state index in [-0.39, 0.29) is 18.6 Å². The Labute approximate surface area is 159 Å². The van der Waals surface area contributed by atoms with Crippen LogP contribution in [0, 0.1) is 6.92 Å². The van der Waals surface area contributed by atoms with Crippen molar-refractivity contribution in [2.45, 2.75) is 45.7 Å². The third kappa shape index (κ3) is 4.55. The molecule has 1 atom stereocenters. The van der Waals surface area contributed by atoms with Crippen LogP contribution in [0.5, 0.6) is 0 Å². The van der Waals surface area contributed by atoms with Gasteiger partial charge in [-0.05, 0) is 64.0 Å². The van der Waals surface area contributed by atoms with Crippen LogP contribution >= 0.6 is 11.3 Å². The van der Waals surface area contributed by atoms with Crippen molar-refractivity contribution in [2.75, 3.05) is 26.2 Å². The van der Waals surface area contributed by atoms with Gasteiger partial charge in [-0.15, -0.1) is 11.3 Å². The molecular formula is C20H28N2O3S. The van der Waals surface area contributed by atoms with Crippen LogP contribution in [0.2, 0.25) is 0 Å². The van der Waals surface area contributed by atoms with Gasteiger partial charge in [-0.2, -0.15) is 0 Å². The van der Waals surface area contributed by atoms with E-state index in [1.54, 1.807) is 22.3 Å². The maximum atomic E-state index is 12.9. The van der Waals surface area contributed by atoms with E-state index < -0.39 is 0 Å². The van der Waals surface area contributed by atoms with Crippen molar-refractivity contribution in [1.82, 2.24) is 9.80 Å². The van der Waals surface area contributed by atoms with Gasteiger partial charge in [0, 0.05) is 16.3 Å². The van der Waals surface area contributed by atoms with Crippen LogP contribution in [0.4, 0.5) is 0 Å². The zero-order chi connectivity index (χ0) is 18.5. The molecule has 0 radical (unpaired) electrons. The maximum Gasteiger partial charge on any atom is 0.289 e. The molecule has 1 aliphatic heterocycles. The van der Waals surface area contributed by atoms with Gasteiger partial charge in [-0.25, -0.2) is 0 Å². The monoisotopic (exact) mass is 376 g/mol. The number of hydrogen-bond acceptors (Lipinski definition) is 5. The van der Waals surface area contributed by atoms with Crippen molar-refractivity contribution in [2.24, 2.45) is 0 Å². The summed E-state index contributed by atoms with van der Waals surface area (Å²) in [4.78, 5) is 19.3. The SMILES string of the molecule is Cc1ccc(CN(CCO)C(=O)c2ccc([C@@H](C)N3CCCCC3)o2)s1. The molecule has 0 saturated carbocycles. The van der Waals surface area contributed by atoms with Gasteiger partial charge in [-0.1, -0.05) is 6.42 Å². The number of carbonyl (C=O) groups excluding carboxylic acids is 1. The Morgan fingerprint density at radius 1 is 1.27 bits per heavy atom. The molecule has 142 valence electrons. The van der Waals surface area contributed by atoms with E-state index >= 15 is 0 Å². The van der Waals surface area contributed by atoms with Crippen LogP contribution in [0.15, 0.2) is 28.7 Å². The Balaban J connectivity index is 1.69. The highest BCUT2D eigenvalue weighted by Crippen LogP contribution is 2.26. The summed E-state index contributed by atoms with van der Waals surface area (Å²) in [6.45, 7) is 7.08. The molecule has 1 N–H and O–H groups in total. The first-order valence-corrected chi connectivity index (χ1v) is 10.2. The number of piperidine rings is 1. The third-order valence-corrected chi connectivity index (χ3v) is 5.97. The highest BCUT2D eigenvalue weighted by atomic mass is 32.1. The number of carbonyl (C=O) groups is 1. The Morgan fingerprint density at radius 2 is 2.04 bits per heavy atom. The van der Waals surface area contributed by atoms with Crippen LogP contribution in [-0.2, 0) is 6.54 Å². The third-order valence-electron chi connectivity index (χ3n) is 4.99. The lowest BCUT2D eigenvalue weighted by atomic mass is 10.1. The molecule has 1 fully saturated rings. The van der Waals surface area contributed by atoms with Gasteiger partial charge < -0.3 is 14.4 Å².